The van der Waals surface area contributed by atoms with Crippen LogP contribution in [0.4, 0.5) is 17.6 Å². The van der Waals surface area contributed by atoms with Crippen LogP contribution < -0.4 is 9.47 Å². The molecule has 0 saturated carbocycles. The van der Waals surface area contributed by atoms with Gasteiger partial charge in [-0.1, -0.05) is 18.2 Å². The van der Waals surface area contributed by atoms with Gasteiger partial charge in [0.1, 0.15) is 17.3 Å². The molecule has 3 aromatic rings. The van der Waals surface area contributed by atoms with Gasteiger partial charge >= 0.3 is 6.18 Å². The molecule has 1 saturated heterocycles. The van der Waals surface area contributed by atoms with Crippen molar-refractivity contribution < 1.29 is 31.8 Å². The minimum absolute atomic E-state index is 0.136. The van der Waals surface area contributed by atoms with Gasteiger partial charge < -0.3 is 14.4 Å². The molecule has 1 aliphatic rings. The van der Waals surface area contributed by atoms with Crippen molar-refractivity contribution in [1.82, 2.24) is 9.80 Å². The highest BCUT2D eigenvalue weighted by atomic mass is 19.4. The van der Waals surface area contributed by atoms with Gasteiger partial charge in [-0.2, -0.15) is 13.2 Å². The third kappa shape index (κ3) is 6.94. The largest absolute Gasteiger partial charge is 0.497 e. The number of hydrogen-bond acceptors (Lipinski definition) is 4. The lowest BCUT2D eigenvalue weighted by Crippen LogP contribution is -2.42. The molecule has 0 aromatic heterocycles. The summed E-state index contributed by atoms with van der Waals surface area (Å²) < 4.78 is 65.0. The van der Waals surface area contributed by atoms with E-state index in [1.807, 2.05) is 26.0 Å². The van der Waals surface area contributed by atoms with Crippen LogP contribution in [-0.4, -0.2) is 55.6 Å². The summed E-state index contributed by atoms with van der Waals surface area (Å²) in [6, 6.07) is 16.3. The highest BCUT2D eigenvalue weighted by Crippen LogP contribution is 2.38. The smallest absolute Gasteiger partial charge is 0.416 e. The molecule has 0 bridgehead atoms. The van der Waals surface area contributed by atoms with Gasteiger partial charge in [0.15, 0.2) is 0 Å². The van der Waals surface area contributed by atoms with Crippen molar-refractivity contribution in [2.75, 3.05) is 33.9 Å². The first-order valence-electron chi connectivity index (χ1n) is 13.2. The van der Waals surface area contributed by atoms with Crippen molar-refractivity contribution in [2.24, 2.45) is 5.92 Å². The molecule has 1 heterocycles. The van der Waals surface area contributed by atoms with E-state index in [1.165, 1.54) is 36.4 Å². The summed E-state index contributed by atoms with van der Waals surface area (Å²) in [5.74, 6) is 0.248. The van der Waals surface area contributed by atoms with Crippen LogP contribution >= 0.6 is 0 Å². The van der Waals surface area contributed by atoms with E-state index in [0.29, 0.717) is 48.8 Å². The Morgan fingerprint density at radius 1 is 0.975 bits per heavy atom. The lowest BCUT2D eigenvalue weighted by molar-refractivity contribution is -0.137. The maximum absolute atomic E-state index is 13.6. The molecule has 1 aliphatic heterocycles. The van der Waals surface area contributed by atoms with Crippen molar-refractivity contribution in [3.63, 3.8) is 0 Å². The van der Waals surface area contributed by atoms with Gasteiger partial charge in [-0.05, 0) is 73.4 Å². The van der Waals surface area contributed by atoms with Crippen LogP contribution in [0.2, 0.25) is 0 Å². The Labute approximate surface area is 232 Å². The number of amides is 1. The molecule has 3 aromatic carbocycles. The van der Waals surface area contributed by atoms with Gasteiger partial charge in [0.05, 0.1) is 19.8 Å². The van der Waals surface area contributed by atoms with E-state index in [9.17, 15) is 22.4 Å². The van der Waals surface area contributed by atoms with Crippen LogP contribution in [0.25, 0.3) is 0 Å². The van der Waals surface area contributed by atoms with Gasteiger partial charge in [0.2, 0.25) is 0 Å². The standard InChI is InChI=1S/C31H34F4N2O3/c1-20(2)37(30(38)22-8-10-26(32)11-9-22)18-24-17-36(16-21-12-27(39-3)15-28(13-21)40-4)19-29(24)23-6-5-7-25(14-23)31(33,34)35/h5-15,20,24,29H,16-19H2,1-4H3/t24-,29+/m1/s1. The van der Waals surface area contributed by atoms with Gasteiger partial charge in [0, 0.05) is 49.8 Å². The van der Waals surface area contributed by atoms with Crippen LogP contribution in [0.3, 0.4) is 0 Å². The Balaban J connectivity index is 1.64. The number of nitrogens with zero attached hydrogens (tertiary/aromatic N) is 2. The lowest BCUT2D eigenvalue weighted by atomic mass is 9.87. The first-order valence-corrected chi connectivity index (χ1v) is 13.2. The first kappa shape index (κ1) is 29.4. The second-order valence-electron chi connectivity index (χ2n) is 10.5. The minimum atomic E-state index is -4.45. The zero-order valence-corrected chi connectivity index (χ0v) is 23.0. The van der Waals surface area contributed by atoms with Crippen LogP contribution in [0.5, 0.6) is 11.5 Å². The van der Waals surface area contributed by atoms with Crippen LogP contribution in [0.1, 0.15) is 46.8 Å². The molecule has 5 nitrogen and oxygen atoms in total. The Kier molecular flexibility index (Phi) is 9.03. The van der Waals surface area contributed by atoms with Gasteiger partial charge in [-0.25, -0.2) is 4.39 Å². The average molecular weight is 559 g/mol. The minimum Gasteiger partial charge on any atom is -0.497 e. The van der Waals surface area contributed by atoms with E-state index in [4.69, 9.17) is 9.47 Å². The van der Waals surface area contributed by atoms with Crippen molar-refractivity contribution in [2.45, 2.75) is 38.5 Å². The molecule has 0 aliphatic carbocycles. The Hall–Kier alpha value is -3.59. The van der Waals surface area contributed by atoms with Crippen LogP contribution in [0.15, 0.2) is 66.7 Å². The molecule has 0 unspecified atom stereocenters. The highest BCUT2D eigenvalue weighted by molar-refractivity contribution is 5.94. The predicted molar refractivity (Wildman–Crippen MR) is 145 cm³/mol. The number of halogens is 4. The van der Waals surface area contributed by atoms with Crippen molar-refractivity contribution in [3.05, 3.63) is 94.8 Å². The number of benzene rings is 3. The fourth-order valence-corrected chi connectivity index (χ4v) is 5.35. The van der Waals surface area contributed by atoms with Gasteiger partial charge in [-0.15, -0.1) is 0 Å². The van der Waals surface area contributed by atoms with Gasteiger partial charge in [-0.3, -0.25) is 9.69 Å². The van der Waals surface area contributed by atoms with E-state index < -0.39 is 17.6 Å². The van der Waals surface area contributed by atoms with Crippen LogP contribution in [-0.2, 0) is 12.7 Å². The number of rotatable bonds is 9. The van der Waals surface area contributed by atoms with E-state index in [2.05, 4.69) is 4.90 Å². The zero-order chi connectivity index (χ0) is 29.0. The molecule has 4 rings (SSSR count). The maximum atomic E-state index is 13.6. The summed E-state index contributed by atoms with van der Waals surface area (Å²) in [5.41, 5.74) is 1.21. The average Bonchev–Trinajstić information content (AvgIpc) is 3.33. The fraction of sp³-hybridized carbons (Fsp3) is 0.387. The van der Waals surface area contributed by atoms with Crippen LogP contribution in [0, 0.1) is 11.7 Å². The monoisotopic (exact) mass is 558 g/mol. The summed E-state index contributed by atoms with van der Waals surface area (Å²) >= 11 is 0. The second-order valence-corrected chi connectivity index (χ2v) is 10.5. The molecule has 1 amide bonds. The molecule has 0 radical (unpaired) electrons. The number of ether oxygens (including phenoxy) is 2. The Morgan fingerprint density at radius 2 is 1.62 bits per heavy atom. The molecule has 2 atom stereocenters. The summed E-state index contributed by atoms with van der Waals surface area (Å²) in [4.78, 5) is 17.3. The molecule has 40 heavy (non-hydrogen) atoms. The lowest BCUT2D eigenvalue weighted by Gasteiger charge is -2.32. The first-order chi connectivity index (χ1) is 19.0. The Morgan fingerprint density at radius 3 is 2.20 bits per heavy atom. The predicted octanol–water partition coefficient (Wildman–Crippen LogP) is 6.63. The molecule has 0 N–H and O–H groups in total. The summed E-state index contributed by atoms with van der Waals surface area (Å²) in [7, 11) is 3.15. The fourth-order valence-electron chi connectivity index (χ4n) is 5.35. The second kappa shape index (κ2) is 12.3. The SMILES string of the molecule is COc1cc(CN2C[C@H](CN(C(=O)c3ccc(F)cc3)C(C)C)[C@H](c3cccc(C(F)(F)F)c3)C2)cc(OC)c1. The molecule has 1 fully saturated rings. The third-order valence-electron chi connectivity index (χ3n) is 7.38. The van der Waals surface area contributed by atoms with Gasteiger partial charge in [0.25, 0.3) is 5.91 Å². The molecule has 214 valence electrons. The number of carbonyl (C=O) groups excluding carboxylic acids is 1. The highest BCUT2D eigenvalue weighted by Gasteiger charge is 2.38. The van der Waals surface area contributed by atoms with Crippen molar-refractivity contribution >= 4 is 5.91 Å². The Bertz CT molecular complexity index is 1290. The zero-order valence-electron chi connectivity index (χ0n) is 23.0. The molecular weight excluding hydrogens is 524 g/mol. The van der Waals surface area contributed by atoms with Crippen molar-refractivity contribution in [1.29, 1.82) is 0 Å². The quantitative estimate of drug-likeness (QED) is 0.277. The molecule has 9 heteroatoms. The summed E-state index contributed by atoms with van der Waals surface area (Å²) in [5, 5.41) is 0. The third-order valence-corrected chi connectivity index (χ3v) is 7.38. The van der Waals surface area contributed by atoms with E-state index >= 15 is 0 Å². The number of carbonyl (C=O) groups is 1. The van der Waals surface area contributed by atoms with Crippen molar-refractivity contribution in [3.8, 4) is 11.5 Å². The molecule has 0 spiro atoms. The molecular formula is C31H34F4N2O3. The van der Waals surface area contributed by atoms with E-state index in [0.717, 1.165) is 11.6 Å². The topological polar surface area (TPSA) is 42.0 Å². The summed E-state index contributed by atoms with van der Waals surface area (Å²) in [6.45, 7) is 5.76. The van der Waals surface area contributed by atoms with E-state index in [-0.39, 0.29) is 23.8 Å². The number of likely N-dealkylation sites (tertiary alicyclic amines) is 1. The summed E-state index contributed by atoms with van der Waals surface area (Å²) in [6.07, 6.45) is -4.45. The normalized spacial score (nSPS) is 17.7. The number of methoxy groups -OCH3 is 2. The van der Waals surface area contributed by atoms with E-state index in [1.54, 1.807) is 31.3 Å². The maximum Gasteiger partial charge on any atom is 0.416 e. The number of alkyl halides is 3. The number of hydrogen-bond donors (Lipinski definition) is 0.